The summed E-state index contributed by atoms with van der Waals surface area (Å²) in [6, 6.07) is 6.54. The lowest BCUT2D eigenvalue weighted by molar-refractivity contribution is -0.123. The van der Waals surface area contributed by atoms with Gasteiger partial charge < -0.3 is 16.4 Å². The monoisotopic (exact) mass is 291 g/mol. The Hall–Kier alpha value is -1.88. The predicted molar refractivity (Wildman–Crippen MR) is 86.0 cm³/mol. The lowest BCUT2D eigenvalue weighted by Crippen LogP contribution is -2.35. The molecule has 0 fully saturated rings. The minimum Gasteiger partial charge on any atom is -0.326 e. The first-order valence-corrected chi connectivity index (χ1v) is 7.22. The zero-order valence-corrected chi connectivity index (χ0v) is 13.2. The van der Waals surface area contributed by atoms with Crippen LogP contribution in [0.5, 0.6) is 0 Å². The van der Waals surface area contributed by atoms with Gasteiger partial charge in [0.1, 0.15) is 0 Å². The molecule has 0 radical (unpaired) electrons. The summed E-state index contributed by atoms with van der Waals surface area (Å²) in [6.07, 6.45) is 1.50. The van der Waals surface area contributed by atoms with E-state index in [1.54, 1.807) is 24.3 Å². The van der Waals surface area contributed by atoms with E-state index >= 15 is 0 Å². The summed E-state index contributed by atoms with van der Waals surface area (Å²) in [6.45, 7) is 7.52. The predicted octanol–water partition coefficient (Wildman–Crippen LogP) is 2.74. The van der Waals surface area contributed by atoms with Gasteiger partial charge in [0, 0.05) is 16.8 Å². The van der Waals surface area contributed by atoms with Crippen LogP contribution in [0.2, 0.25) is 0 Å². The Morgan fingerprint density at radius 1 is 1.19 bits per heavy atom. The van der Waals surface area contributed by atoms with Gasteiger partial charge in [0.15, 0.2) is 0 Å². The van der Waals surface area contributed by atoms with E-state index in [1.165, 1.54) is 0 Å². The Morgan fingerprint density at radius 2 is 1.76 bits per heavy atom. The van der Waals surface area contributed by atoms with Crippen molar-refractivity contribution in [3.05, 3.63) is 24.3 Å². The van der Waals surface area contributed by atoms with Crippen LogP contribution in [-0.4, -0.2) is 17.9 Å². The third-order valence-electron chi connectivity index (χ3n) is 3.01. The average molecular weight is 291 g/mol. The standard InChI is InChI=1S/C16H25N3O2/c1-5-7-13(17)14(20)18-11-8-6-9-12(10-11)19-15(21)16(2,3)4/h6,8-10,13H,5,7,17H2,1-4H3,(H,18,20)(H,19,21). The van der Waals surface area contributed by atoms with E-state index in [4.69, 9.17) is 5.73 Å². The third-order valence-corrected chi connectivity index (χ3v) is 3.01. The van der Waals surface area contributed by atoms with Gasteiger partial charge in [0.2, 0.25) is 11.8 Å². The van der Waals surface area contributed by atoms with E-state index in [1.807, 2.05) is 27.7 Å². The van der Waals surface area contributed by atoms with Crippen molar-refractivity contribution < 1.29 is 9.59 Å². The maximum Gasteiger partial charge on any atom is 0.241 e. The molecule has 21 heavy (non-hydrogen) atoms. The fourth-order valence-corrected chi connectivity index (χ4v) is 1.67. The molecule has 1 rings (SSSR count). The molecule has 0 spiro atoms. The highest BCUT2D eigenvalue weighted by Crippen LogP contribution is 2.20. The van der Waals surface area contributed by atoms with Crippen LogP contribution in [-0.2, 0) is 9.59 Å². The number of hydrogen-bond donors (Lipinski definition) is 3. The van der Waals surface area contributed by atoms with E-state index in [-0.39, 0.29) is 11.8 Å². The number of nitrogens with one attached hydrogen (secondary N) is 2. The summed E-state index contributed by atoms with van der Waals surface area (Å²) in [5.74, 6) is -0.287. The number of carbonyl (C=O) groups excluding carboxylic acids is 2. The van der Waals surface area contributed by atoms with Crippen molar-refractivity contribution in [3.63, 3.8) is 0 Å². The summed E-state index contributed by atoms with van der Waals surface area (Å²) in [5.41, 5.74) is 6.57. The van der Waals surface area contributed by atoms with Gasteiger partial charge in [-0.1, -0.05) is 40.2 Å². The number of carbonyl (C=O) groups is 2. The molecule has 5 nitrogen and oxygen atoms in total. The van der Waals surface area contributed by atoms with Crippen LogP contribution in [0.4, 0.5) is 11.4 Å². The van der Waals surface area contributed by atoms with E-state index < -0.39 is 11.5 Å². The molecule has 0 saturated heterocycles. The number of anilines is 2. The van der Waals surface area contributed by atoms with Crippen LogP contribution in [0.3, 0.4) is 0 Å². The van der Waals surface area contributed by atoms with Crippen LogP contribution in [0.1, 0.15) is 40.5 Å². The summed E-state index contributed by atoms with van der Waals surface area (Å²) in [4.78, 5) is 23.8. The third kappa shape index (κ3) is 5.55. The van der Waals surface area contributed by atoms with Crippen molar-refractivity contribution in [1.29, 1.82) is 0 Å². The van der Waals surface area contributed by atoms with Crippen molar-refractivity contribution in [3.8, 4) is 0 Å². The minimum absolute atomic E-state index is 0.0753. The fourth-order valence-electron chi connectivity index (χ4n) is 1.67. The lowest BCUT2D eigenvalue weighted by Gasteiger charge is -2.18. The minimum atomic E-state index is -0.511. The number of rotatable bonds is 5. The van der Waals surface area contributed by atoms with E-state index in [0.29, 0.717) is 17.8 Å². The van der Waals surface area contributed by atoms with Gasteiger partial charge in [-0.25, -0.2) is 0 Å². The number of nitrogens with two attached hydrogens (primary N) is 1. The molecular formula is C16H25N3O2. The highest BCUT2D eigenvalue weighted by molar-refractivity contribution is 5.97. The Labute approximate surface area is 126 Å². The van der Waals surface area contributed by atoms with Crippen molar-refractivity contribution in [2.45, 2.75) is 46.6 Å². The molecule has 0 aliphatic carbocycles. The van der Waals surface area contributed by atoms with E-state index in [0.717, 1.165) is 6.42 Å². The molecule has 0 aromatic heterocycles. The second-order valence-electron chi connectivity index (χ2n) is 6.17. The molecule has 5 heteroatoms. The number of amides is 2. The molecule has 0 heterocycles. The lowest BCUT2D eigenvalue weighted by atomic mass is 9.95. The van der Waals surface area contributed by atoms with Crippen molar-refractivity contribution in [2.75, 3.05) is 10.6 Å². The van der Waals surface area contributed by atoms with Crippen molar-refractivity contribution >= 4 is 23.2 Å². The second kappa shape index (κ2) is 7.22. The van der Waals surface area contributed by atoms with Crippen molar-refractivity contribution in [1.82, 2.24) is 0 Å². The normalized spacial score (nSPS) is 12.6. The van der Waals surface area contributed by atoms with Gasteiger partial charge in [-0.3, -0.25) is 9.59 Å². The molecule has 2 amide bonds. The van der Waals surface area contributed by atoms with Crippen LogP contribution in [0, 0.1) is 5.41 Å². The Balaban J connectivity index is 2.73. The SMILES string of the molecule is CCCC(N)C(=O)Nc1cccc(NC(=O)C(C)(C)C)c1. The summed E-state index contributed by atoms with van der Waals surface area (Å²) in [5, 5.41) is 5.59. The van der Waals surface area contributed by atoms with Gasteiger partial charge in [-0.05, 0) is 24.6 Å². The molecule has 1 aromatic carbocycles. The van der Waals surface area contributed by atoms with Crippen molar-refractivity contribution in [2.24, 2.45) is 11.1 Å². The molecule has 4 N–H and O–H groups in total. The van der Waals surface area contributed by atoms with Crippen LogP contribution in [0.15, 0.2) is 24.3 Å². The Bertz CT molecular complexity index is 506. The maximum atomic E-state index is 11.9. The fraction of sp³-hybridized carbons (Fsp3) is 0.500. The number of benzene rings is 1. The average Bonchev–Trinajstić information content (AvgIpc) is 2.38. The largest absolute Gasteiger partial charge is 0.326 e. The van der Waals surface area contributed by atoms with Gasteiger partial charge in [-0.2, -0.15) is 0 Å². The van der Waals surface area contributed by atoms with Gasteiger partial charge >= 0.3 is 0 Å². The van der Waals surface area contributed by atoms with Gasteiger partial charge in [-0.15, -0.1) is 0 Å². The van der Waals surface area contributed by atoms with Crippen LogP contribution >= 0.6 is 0 Å². The van der Waals surface area contributed by atoms with Crippen LogP contribution in [0.25, 0.3) is 0 Å². The molecular weight excluding hydrogens is 266 g/mol. The smallest absolute Gasteiger partial charge is 0.241 e. The summed E-state index contributed by atoms with van der Waals surface area (Å²) < 4.78 is 0. The molecule has 0 saturated carbocycles. The Morgan fingerprint density at radius 3 is 2.29 bits per heavy atom. The van der Waals surface area contributed by atoms with E-state index in [2.05, 4.69) is 10.6 Å². The quantitative estimate of drug-likeness (QED) is 0.780. The Kier molecular flexibility index (Phi) is 5.90. The number of hydrogen-bond acceptors (Lipinski definition) is 3. The summed E-state index contributed by atoms with van der Waals surface area (Å²) >= 11 is 0. The molecule has 0 aliphatic rings. The molecule has 0 aliphatic heterocycles. The topological polar surface area (TPSA) is 84.2 Å². The molecule has 1 atom stereocenters. The molecule has 116 valence electrons. The highest BCUT2D eigenvalue weighted by atomic mass is 16.2. The first-order valence-electron chi connectivity index (χ1n) is 7.22. The zero-order chi connectivity index (χ0) is 16.0. The highest BCUT2D eigenvalue weighted by Gasteiger charge is 2.21. The van der Waals surface area contributed by atoms with Crippen LogP contribution < -0.4 is 16.4 Å². The first kappa shape index (κ1) is 17.2. The van der Waals surface area contributed by atoms with Gasteiger partial charge in [0.05, 0.1) is 6.04 Å². The molecule has 1 aromatic rings. The second-order valence-corrected chi connectivity index (χ2v) is 6.17. The first-order chi connectivity index (χ1) is 9.74. The zero-order valence-electron chi connectivity index (χ0n) is 13.2. The summed E-state index contributed by atoms with van der Waals surface area (Å²) in [7, 11) is 0. The maximum absolute atomic E-state index is 11.9. The molecule has 1 unspecified atom stereocenters. The molecule has 0 bridgehead atoms. The van der Waals surface area contributed by atoms with Gasteiger partial charge in [0.25, 0.3) is 0 Å². The van der Waals surface area contributed by atoms with E-state index in [9.17, 15) is 9.59 Å².